The molecule has 0 bridgehead atoms. The van der Waals surface area contributed by atoms with Crippen molar-refractivity contribution in [1.29, 1.82) is 0 Å². The number of hydrogen-bond donors (Lipinski definition) is 1. The summed E-state index contributed by atoms with van der Waals surface area (Å²) in [6, 6.07) is 0.282. The maximum absolute atomic E-state index is 4.48. The maximum atomic E-state index is 4.48. The molecule has 0 aliphatic heterocycles. The lowest BCUT2D eigenvalue weighted by Crippen LogP contribution is -2.23. The minimum atomic E-state index is 0.282. The monoisotopic (exact) mass is 245 g/mol. The number of rotatable bonds is 6. The quantitative estimate of drug-likeness (QED) is 0.793. The molecular formula is C13H19N5. The number of nitrogens with zero attached hydrogens (tertiary/aromatic N) is 4. The van der Waals surface area contributed by atoms with E-state index in [0.29, 0.717) is 0 Å². The van der Waals surface area contributed by atoms with Crippen LogP contribution in [-0.2, 0) is 13.1 Å². The second kappa shape index (κ2) is 5.53. The Bertz CT molecular complexity index is 497. The van der Waals surface area contributed by atoms with Crippen LogP contribution in [0.3, 0.4) is 0 Å². The zero-order valence-electron chi connectivity index (χ0n) is 10.9. The van der Waals surface area contributed by atoms with Gasteiger partial charge >= 0.3 is 0 Å². The third kappa shape index (κ3) is 3.00. The van der Waals surface area contributed by atoms with Crippen molar-refractivity contribution >= 4 is 5.95 Å². The number of nitrogens with one attached hydrogen (secondary N) is 1. The predicted molar refractivity (Wildman–Crippen MR) is 72.5 cm³/mol. The first-order chi connectivity index (χ1) is 8.69. The first-order valence-electron chi connectivity index (χ1n) is 6.06. The zero-order chi connectivity index (χ0) is 13.0. The molecule has 0 spiro atoms. The van der Waals surface area contributed by atoms with Gasteiger partial charge in [0.25, 0.3) is 0 Å². The van der Waals surface area contributed by atoms with E-state index in [1.165, 1.54) is 0 Å². The number of anilines is 1. The molecule has 1 N–H and O–H groups in total. The largest absolute Gasteiger partial charge is 0.351 e. The van der Waals surface area contributed by atoms with Crippen molar-refractivity contribution in [1.82, 2.24) is 19.1 Å². The molecule has 0 aromatic carbocycles. The Labute approximate surface area is 107 Å². The van der Waals surface area contributed by atoms with E-state index in [4.69, 9.17) is 0 Å². The van der Waals surface area contributed by atoms with Crippen molar-refractivity contribution in [3.05, 3.63) is 43.3 Å². The molecular weight excluding hydrogens is 226 g/mol. The van der Waals surface area contributed by atoms with E-state index in [9.17, 15) is 0 Å². The molecule has 2 rings (SSSR count). The summed E-state index contributed by atoms with van der Waals surface area (Å²) in [6.07, 6.45) is 9.45. The summed E-state index contributed by atoms with van der Waals surface area (Å²) >= 11 is 0. The molecule has 5 heteroatoms. The van der Waals surface area contributed by atoms with Crippen LogP contribution in [0.4, 0.5) is 5.95 Å². The van der Waals surface area contributed by atoms with E-state index in [1.807, 2.05) is 36.3 Å². The SMILES string of the molecule is C=CCn1cc(C)nc1NC(C)Cn1ccnc1. The van der Waals surface area contributed by atoms with Gasteiger partial charge < -0.3 is 14.5 Å². The first kappa shape index (κ1) is 12.4. The predicted octanol–water partition coefficient (Wildman–Crippen LogP) is 2.07. The highest BCUT2D eigenvalue weighted by Crippen LogP contribution is 2.10. The standard InChI is InChI=1S/C13H19N5/c1-4-6-18-9-12(3)16-13(18)15-11(2)8-17-7-5-14-10-17/h4-5,7,9-11H,1,6,8H2,2-3H3,(H,15,16). The molecule has 0 saturated carbocycles. The average Bonchev–Trinajstić information content (AvgIpc) is 2.90. The van der Waals surface area contributed by atoms with Crippen LogP contribution in [0, 0.1) is 6.92 Å². The van der Waals surface area contributed by atoms with Crippen LogP contribution in [0.1, 0.15) is 12.6 Å². The second-order valence-corrected chi connectivity index (χ2v) is 4.45. The summed E-state index contributed by atoms with van der Waals surface area (Å²) < 4.78 is 4.11. The summed E-state index contributed by atoms with van der Waals surface area (Å²) in [4.78, 5) is 8.51. The molecule has 1 unspecified atom stereocenters. The summed E-state index contributed by atoms with van der Waals surface area (Å²) in [7, 11) is 0. The smallest absolute Gasteiger partial charge is 0.203 e. The third-order valence-corrected chi connectivity index (χ3v) is 2.64. The molecule has 0 saturated heterocycles. The zero-order valence-corrected chi connectivity index (χ0v) is 10.9. The van der Waals surface area contributed by atoms with Crippen molar-refractivity contribution in [3.63, 3.8) is 0 Å². The van der Waals surface area contributed by atoms with Gasteiger partial charge in [-0.1, -0.05) is 6.08 Å². The van der Waals surface area contributed by atoms with Crippen molar-refractivity contribution in [3.8, 4) is 0 Å². The Hall–Kier alpha value is -2.04. The van der Waals surface area contributed by atoms with Gasteiger partial charge in [0, 0.05) is 37.7 Å². The van der Waals surface area contributed by atoms with Gasteiger partial charge in [0.2, 0.25) is 5.95 Å². The van der Waals surface area contributed by atoms with E-state index in [1.54, 1.807) is 6.20 Å². The third-order valence-electron chi connectivity index (χ3n) is 2.64. The molecule has 96 valence electrons. The molecule has 2 heterocycles. The summed E-state index contributed by atoms with van der Waals surface area (Å²) in [5, 5.41) is 3.41. The van der Waals surface area contributed by atoms with Gasteiger partial charge in [-0.05, 0) is 13.8 Å². The highest BCUT2D eigenvalue weighted by molar-refractivity contribution is 5.30. The number of aromatic nitrogens is 4. The lowest BCUT2D eigenvalue weighted by Gasteiger charge is -2.15. The van der Waals surface area contributed by atoms with Crippen molar-refractivity contribution < 1.29 is 0 Å². The van der Waals surface area contributed by atoms with Crippen LogP contribution in [0.15, 0.2) is 37.6 Å². The van der Waals surface area contributed by atoms with Crippen LogP contribution < -0.4 is 5.32 Å². The fraction of sp³-hybridized carbons (Fsp3) is 0.385. The fourth-order valence-electron chi connectivity index (χ4n) is 1.92. The van der Waals surface area contributed by atoms with E-state index >= 15 is 0 Å². The van der Waals surface area contributed by atoms with Gasteiger partial charge in [-0.15, -0.1) is 6.58 Å². The Morgan fingerprint density at radius 1 is 1.56 bits per heavy atom. The molecule has 0 aliphatic rings. The minimum Gasteiger partial charge on any atom is -0.351 e. The highest BCUT2D eigenvalue weighted by Gasteiger charge is 2.08. The molecule has 18 heavy (non-hydrogen) atoms. The Morgan fingerprint density at radius 3 is 3.06 bits per heavy atom. The molecule has 0 radical (unpaired) electrons. The van der Waals surface area contributed by atoms with E-state index in [0.717, 1.165) is 24.7 Å². The summed E-state index contributed by atoms with van der Waals surface area (Å²) in [5.41, 5.74) is 1.01. The van der Waals surface area contributed by atoms with Crippen molar-refractivity contribution in [2.45, 2.75) is 33.0 Å². The fourth-order valence-corrected chi connectivity index (χ4v) is 1.92. The Balaban J connectivity index is 2.01. The van der Waals surface area contributed by atoms with Crippen molar-refractivity contribution in [2.24, 2.45) is 0 Å². The molecule has 1 atom stereocenters. The van der Waals surface area contributed by atoms with Crippen LogP contribution in [0.2, 0.25) is 0 Å². The van der Waals surface area contributed by atoms with Gasteiger partial charge in [0.05, 0.1) is 12.0 Å². The van der Waals surface area contributed by atoms with Crippen molar-refractivity contribution in [2.75, 3.05) is 5.32 Å². The van der Waals surface area contributed by atoms with Gasteiger partial charge in [0.1, 0.15) is 0 Å². The van der Waals surface area contributed by atoms with Gasteiger partial charge in [-0.25, -0.2) is 9.97 Å². The normalized spacial score (nSPS) is 12.3. The number of hydrogen-bond acceptors (Lipinski definition) is 3. The minimum absolute atomic E-state index is 0.282. The van der Waals surface area contributed by atoms with E-state index in [-0.39, 0.29) is 6.04 Å². The Morgan fingerprint density at radius 2 is 2.39 bits per heavy atom. The van der Waals surface area contributed by atoms with Gasteiger partial charge in [0.15, 0.2) is 0 Å². The van der Waals surface area contributed by atoms with E-state index < -0.39 is 0 Å². The number of aryl methyl sites for hydroxylation is 1. The van der Waals surface area contributed by atoms with Crippen LogP contribution >= 0.6 is 0 Å². The number of allylic oxidation sites excluding steroid dienone is 1. The van der Waals surface area contributed by atoms with E-state index in [2.05, 4.69) is 33.4 Å². The maximum Gasteiger partial charge on any atom is 0.203 e. The lowest BCUT2D eigenvalue weighted by atomic mass is 10.3. The average molecular weight is 245 g/mol. The van der Waals surface area contributed by atoms with Crippen LogP contribution in [0.5, 0.6) is 0 Å². The Kier molecular flexibility index (Phi) is 3.82. The molecule has 0 fully saturated rings. The molecule has 0 amide bonds. The molecule has 0 aliphatic carbocycles. The van der Waals surface area contributed by atoms with Crippen LogP contribution in [-0.4, -0.2) is 25.1 Å². The first-order valence-corrected chi connectivity index (χ1v) is 6.06. The molecule has 2 aromatic rings. The number of imidazole rings is 2. The second-order valence-electron chi connectivity index (χ2n) is 4.45. The lowest BCUT2D eigenvalue weighted by molar-refractivity contribution is 0.610. The summed E-state index contributed by atoms with van der Waals surface area (Å²) in [5.74, 6) is 0.889. The van der Waals surface area contributed by atoms with Gasteiger partial charge in [-0.3, -0.25) is 0 Å². The topological polar surface area (TPSA) is 47.7 Å². The molecule has 2 aromatic heterocycles. The van der Waals surface area contributed by atoms with Crippen LogP contribution in [0.25, 0.3) is 0 Å². The van der Waals surface area contributed by atoms with Gasteiger partial charge in [-0.2, -0.15) is 0 Å². The summed E-state index contributed by atoms with van der Waals surface area (Å²) in [6.45, 7) is 9.50. The highest BCUT2D eigenvalue weighted by atomic mass is 15.2. The molecule has 5 nitrogen and oxygen atoms in total.